The Kier molecular flexibility index (Phi) is 4.20. The normalized spacial score (nSPS) is 24.2. The summed E-state index contributed by atoms with van der Waals surface area (Å²) in [6.45, 7) is 11.8. The Balaban J connectivity index is 2.60. The summed E-state index contributed by atoms with van der Waals surface area (Å²) in [7, 11) is 0. The molecule has 1 rings (SSSR count). The third-order valence-electron chi connectivity index (χ3n) is 3.48. The van der Waals surface area contributed by atoms with Crippen molar-refractivity contribution in [2.24, 2.45) is 0 Å². The standard InChI is InChI=1S/C11H24N2/c1-4-11(5-2)10-13(6-3)9-7-8-12-11/h12H,4-10H2,1-3H3. The van der Waals surface area contributed by atoms with Gasteiger partial charge in [0.25, 0.3) is 0 Å². The fourth-order valence-corrected chi connectivity index (χ4v) is 2.21. The number of hydrogen-bond acceptors (Lipinski definition) is 2. The van der Waals surface area contributed by atoms with Crippen LogP contribution in [0.3, 0.4) is 0 Å². The molecule has 2 nitrogen and oxygen atoms in total. The molecule has 1 fully saturated rings. The van der Waals surface area contributed by atoms with E-state index >= 15 is 0 Å². The average Bonchev–Trinajstić information content (AvgIpc) is 2.40. The average molecular weight is 184 g/mol. The van der Waals surface area contributed by atoms with E-state index in [9.17, 15) is 0 Å². The lowest BCUT2D eigenvalue weighted by molar-refractivity contribution is 0.204. The Bertz CT molecular complexity index is 141. The van der Waals surface area contributed by atoms with Crippen LogP contribution in [0.15, 0.2) is 0 Å². The summed E-state index contributed by atoms with van der Waals surface area (Å²) in [5, 5.41) is 3.72. The van der Waals surface area contributed by atoms with E-state index in [1.807, 2.05) is 0 Å². The first kappa shape index (κ1) is 11.0. The molecular weight excluding hydrogens is 160 g/mol. The van der Waals surface area contributed by atoms with Gasteiger partial charge in [-0.15, -0.1) is 0 Å². The van der Waals surface area contributed by atoms with Gasteiger partial charge in [-0.05, 0) is 38.9 Å². The van der Waals surface area contributed by atoms with E-state index in [1.54, 1.807) is 0 Å². The second kappa shape index (κ2) is 4.97. The molecule has 0 spiro atoms. The summed E-state index contributed by atoms with van der Waals surface area (Å²) in [6.07, 6.45) is 3.80. The van der Waals surface area contributed by atoms with Gasteiger partial charge in [-0.2, -0.15) is 0 Å². The minimum Gasteiger partial charge on any atom is -0.310 e. The van der Waals surface area contributed by atoms with E-state index in [0.717, 1.165) is 0 Å². The van der Waals surface area contributed by atoms with Crippen molar-refractivity contribution in [3.8, 4) is 0 Å². The first-order valence-corrected chi connectivity index (χ1v) is 5.73. The third-order valence-corrected chi connectivity index (χ3v) is 3.48. The molecule has 0 aromatic rings. The van der Waals surface area contributed by atoms with E-state index < -0.39 is 0 Å². The zero-order chi connectivity index (χ0) is 9.73. The van der Waals surface area contributed by atoms with E-state index in [4.69, 9.17) is 0 Å². The highest BCUT2D eigenvalue weighted by atomic mass is 15.2. The molecule has 0 amide bonds. The fourth-order valence-electron chi connectivity index (χ4n) is 2.21. The third kappa shape index (κ3) is 2.68. The number of nitrogens with zero attached hydrogens (tertiary/aromatic N) is 1. The van der Waals surface area contributed by atoms with Crippen LogP contribution >= 0.6 is 0 Å². The van der Waals surface area contributed by atoms with Crippen molar-refractivity contribution in [1.82, 2.24) is 10.2 Å². The highest BCUT2D eigenvalue weighted by Crippen LogP contribution is 2.19. The second-order valence-corrected chi connectivity index (χ2v) is 4.14. The minimum atomic E-state index is 0.395. The summed E-state index contributed by atoms with van der Waals surface area (Å²) in [4.78, 5) is 2.58. The molecule has 1 aliphatic heterocycles. The zero-order valence-electron chi connectivity index (χ0n) is 9.40. The second-order valence-electron chi connectivity index (χ2n) is 4.14. The van der Waals surface area contributed by atoms with E-state index in [1.165, 1.54) is 45.4 Å². The molecule has 0 aromatic carbocycles. The monoisotopic (exact) mass is 184 g/mol. The van der Waals surface area contributed by atoms with Crippen LogP contribution in [0.5, 0.6) is 0 Å². The highest BCUT2D eigenvalue weighted by molar-refractivity contribution is 4.90. The van der Waals surface area contributed by atoms with Gasteiger partial charge in [0.05, 0.1) is 0 Å². The summed E-state index contributed by atoms with van der Waals surface area (Å²) in [6, 6.07) is 0. The smallest absolute Gasteiger partial charge is 0.0303 e. The molecule has 78 valence electrons. The Morgan fingerprint density at radius 2 is 1.92 bits per heavy atom. The Morgan fingerprint density at radius 3 is 2.46 bits per heavy atom. The van der Waals surface area contributed by atoms with Crippen molar-refractivity contribution < 1.29 is 0 Å². The Hall–Kier alpha value is -0.0800. The van der Waals surface area contributed by atoms with Gasteiger partial charge < -0.3 is 10.2 Å². The number of rotatable bonds is 3. The lowest BCUT2D eigenvalue weighted by Gasteiger charge is -2.35. The van der Waals surface area contributed by atoms with Gasteiger partial charge in [0.1, 0.15) is 0 Å². The fraction of sp³-hybridized carbons (Fsp3) is 1.00. The quantitative estimate of drug-likeness (QED) is 0.720. The van der Waals surface area contributed by atoms with E-state index in [-0.39, 0.29) is 0 Å². The van der Waals surface area contributed by atoms with Crippen LogP contribution in [0, 0.1) is 0 Å². The largest absolute Gasteiger partial charge is 0.310 e. The SMILES string of the molecule is CCN1CCCNC(CC)(CC)C1. The van der Waals surface area contributed by atoms with Crippen LogP contribution in [-0.2, 0) is 0 Å². The summed E-state index contributed by atoms with van der Waals surface area (Å²) in [5.41, 5.74) is 0.395. The molecule has 0 aliphatic carbocycles. The summed E-state index contributed by atoms with van der Waals surface area (Å²) >= 11 is 0. The van der Waals surface area contributed by atoms with Crippen molar-refractivity contribution >= 4 is 0 Å². The predicted octanol–water partition coefficient (Wildman–Crippen LogP) is 1.86. The maximum Gasteiger partial charge on any atom is 0.0303 e. The van der Waals surface area contributed by atoms with Crippen LogP contribution in [0.25, 0.3) is 0 Å². The number of hydrogen-bond donors (Lipinski definition) is 1. The van der Waals surface area contributed by atoms with Crippen LogP contribution < -0.4 is 5.32 Å². The highest BCUT2D eigenvalue weighted by Gasteiger charge is 2.29. The Labute approximate surface area is 82.7 Å². The molecule has 1 N–H and O–H groups in total. The molecule has 2 heteroatoms. The van der Waals surface area contributed by atoms with Crippen LogP contribution in [0.2, 0.25) is 0 Å². The molecule has 0 saturated carbocycles. The maximum atomic E-state index is 3.72. The van der Waals surface area contributed by atoms with Gasteiger partial charge in [0.15, 0.2) is 0 Å². The topological polar surface area (TPSA) is 15.3 Å². The van der Waals surface area contributed by atoms with Gasteiger partial charge >= 0.3 is 0 Å². The zero-order valence-corrected chi connectivity index (χ0v) is 9.40. The molecule has 1 saturated heterocycles. The van der Waals surface area contributed by atoms with Gasteiger partial charge in [-0.1, -0.05) is 20.8 Å². The maximum absolute atomic E-state index is 3.72. The number of likely N-dealkylation sites (N-methyl/N-ethyl adjacent to an activating group) is 1. The Morgan fingerprint density at radius 1 is 1.23 bits per heavy atom. The minimum absolute atomic E-state index is 0.395. The van der Waals surface area contributed by atoms with Crippen molar-refractivity contribution in [3.05, 3.63) is 0 Å². The van der Waals surface area contributed by atoms with Crippen LogP contribution in [-0.4, -0.2) is 36.6 Å². The summed E-state index contributed by atoms with van der Waals surface area (Å²) < 4.78 is 0. The lowest BCUT2D eigenvalue weighted by Crippen LogP contribution is -2.50. The molecule has 1 heterocycles. The molecule has 0 radical (unpaired) electrons. The van der Waals surface area contributed by atoms with E-state index in [2.05, 4.69) is 31.0 Å². The predicted molar refractivity (Wildman–Crippen MR) is 58.0 cm³/mol. The molecule has 13 heavy (non-hydrogen) atoms. The van der Waals surface area contributed by atoms with Crippen molar-refractivity contribution in [3.63, 3.8) is 0 Å². The molecule has 0 unspecified atom stereocenters. The molecule has 0 atom stereocenters. The number of nitrogens with one attached hydrogen (secondary N) is 1. The molecule has 1 aliphatic rings. The molecular formula is C11H24N2. The molecule has 0 bridgehead atoms. The lowest BCUT2D eigenvalue weighted by atomic mass is 9.92. The van der Waals surface area contributed by atoms with Crippen molar-refractivity contribution in [1.29, 1.82) is 0 Å². The first-order valence-electron chi connectivity index (χ1n) is 5.73. The summed E-state index contributed by atoms with van der Waals surface area (Å²) in [5.74, 6) is 0. The van der Waals surface area contributed by atoms with Gasteiger partial charge in [0.2, 0.25) is 0 Å². The van der Waals surface area contributed by atoms with Crippen LogP contribution in [0.4, 0.5) is 0 Å². The van der Waals surface area contributed by atoms with Gasteiger partial charge in [0, 0.05) is 12.1 Å². The van der Waals surface area contributed by atoms with Crippen molar-refractivity contribution in [2.75, 3.05) is 26.2 Å². The van der Waals surface area contributed by atoms with Gasteiger partial charge in [-0.25, -0.2) is 0 Å². The first-order chi connectivity index (χ1) is 6.26. The van der Waals surface area contributed by atoms with Gasteiger partial charge in [-0.3, -0.25) is 0 Å². The molecule has 0 aromatic heterocycles. The van der Waals surface area contributed by atoms with Crippen LogP contribution in [0.1, 0.15) is 40.0 Å². The van der Waals surface area contributed by atoms with E-state index in [0.29, 0.717) is 5.54 Å². The van der Waals surface area contributed by atoms with Crippen molar-refractivity contribution in [2.45, 2.75) is 45.6 Å².